The van der Waals surface area contributed by atoms with Gasteiger partial charge in [0.2, 0.25) is 0 Å². The number of terminal acetylenes is 1. The van der Waals surface area contributed by atoms with Crippen molar-refractivity contribution in [2.75, 3.05) is 5.88 Å². The smallest absolute Gasteiger partial charge is 0.0421 e. The molecule has 19 heavy (non-hydrogen) atoms. The second-order valence-electron chi connectivity index (χ2n) is 2.67. The SMILES string of the molecule is C#CC.C/C=C(C)\C(Cl)=C/CCl.CC.CC.CCC. The lowest BCUT2D eigenvalue weighted by molar-refractivity contribution is 1.09. The zero-order chi connectivity index (χ0) is 16.7. The van der Waals surface area contributed by atoms with Crippen LogP contribution in [0.15, 0.2) is 22.8 Å². The van der Waals surface area contributed by atoms with Crippen molar-refractivity contribution in [2.45, 2.75) is 68.7 Å². The topological polar surface area (TPSA) is 0 Å². The summed E-state index contributed by atoms with van der Waals surface area (Å²) in [5.74, 6) is 2.73. The van der Waals surface area contributed by atoms with Gasteiger partial charge in [-0.15, -0.1) is 23.9 Å². The first kappa shape index (κ1) is 31.2. The summed E-state index contributed by atoms with van der Waals surface area (Å²) in [5.41, 5.74) is 1.07. The van der Waals surface area contributed by atoms with Gasteiger partial charge in [-0.2, -0.15) is 0 Å². The average molecular weight is 309 g/mol. The number of allylic oxidation sites excluding steroid dienone is 4. The molecule has 0 aliphatic rings. The molecule has 0 bridgehead atoms. The summed E-state index contributed by atoms with van der Waals surface area (Å²) >= 11 is 11.1. The molecule has 0 spiro atoms. The van der Waals surface area contributed by atoms with Crippen molar-refractivity contribution in [3.05, 3.63) is 22.8 Å². The highest BCUT2D eigenvalue weighted by atomic mass is 35.5. The minimum absolute atomic E-state index is 0.476. The monoisotopic (exact) mass is 308 g/mol. The van der Waals surface area contributed by atoms with Crippen LogP contribution in [0.4, 0.5) is 0 Å². The van der Waals surface area contributed by atoms with Crippen LogP contribution in [-0.2, 0) is 0 Å². The minimum atomic E-state index is 0.476. The Balaban J connectivity index is -0.0000000545. The van der Waals surface area contributed by atoms with Gasteiger partial charge in [0.15, 0.2) is 0 Å². The van der Waals surface area contributed by atoms with Gasteiger partial charge in [-0.1, -0.05) is 71.7 Å². The van der Waals surface area contributed by atoms with E-state index in [1.807, 2.05) is 47.6 Å². The molecule has 0 unspecified atom stereocenters. The molecule has 0 nitrogen and oxygen atoms in total. The van der Waals surface area contributed by atoms with Crippen molar-refractivity contribution in [3.8, 4) is 12.3 Å². The van der Waals surface area contributed by atoms with Gasteiger partial charge in [0, 0.05) is 10.9 Å². The van der Waals surface area contributed by atoms with Gasteiger partial charge in [-0.25, -0.2) is 0 Å². The first-order valence-corrected chi connectivity index (χ1v) is 7.88. The lowest BCUT2D eigenvalue weighted by Gasteiger charge is -1.93. The molecule has 2 heteroatoms. The standard InChI is InChI=1S/C7H10Cl2.C3H8.C3H4.2C2H6/c1-3-6(2)7(9)4-5-8;2*1-3-2;2*1-2/h3-4H,5H2,1-2H3;3H2,1-2H3;1H,2H3;2*1-2H3/b6-3-,7-4+;;;;. The largest absolute Gasteiger partial charge is 0.122 e. The molecule has 0 aromatic heterocycles. The summed E-state index contributed by atoms with van der Waals surface area (Å²) in [7, 11) is 0. The van der Waals surface area contributed by atoms with E-state index in [0.29, 0.717) is 5.88 Å². The predicted octanol–water partition coefficient (Wildman–Crippen LogP) is 7.42. The van der Waals surface area contributed by atoms with E-state index in [1.165, 1.54) is 6.42 Å². The Morgan fingerprint density at radius 3 is 1.58 bits per heavy atom. The van der Waals surface area contributed by atoms with Gasteiger partial charge in [-0.05, 0) is 26.3 Å². The van der Waals surface area contributed by atoms with Crippen LogP contribution >= 0.6 is 23.2 Å². The highest BCUT2D eigenvalue weighted by Crippen LogP contribution is 2.12. The molecular formula is C17H34Cl2. The summed E-state index contributed by atoms with van der Waals surface area (Å²) < 4.78 is 0. The van der Waals surface area contributed by atoms with E-state index in [0.717, 1.165) is 10.6 Å². The molecule has 0 saturated heterocycles. The Morgan fingerprint density at radius 2 is 1.42 bits per heavy atom. The van der Waals surface area contributed by atoms with Gasteiger partial charge < -0.3 is 0 Å². The highest BCUT2D eigenvalue weighted by Gasteiger charge is 1.90. The zero-order valence-electron chi connectivity index (χ0n) is 14.4. The predicted molar refractivity (Wildman–Crippen MR) is 97.3 cm³/mol. The average Bonchev–Trinajstić information content (AvgIpc) is 2.44. The molecule has 0 aromatic carbocycles. The Labute approximate surface area is 133 Å². The van der Waals surface area contributed by atoms with Crippen molar-refractivity contribution < 1.29 is 0 Å². The van der Waals surface area contributed by atoms with Gasteiger partial charge in [0.1, 0.15) is 0 Å². The lowest BCUT2D eigenvalue weighted by atomic mass is 10.3. The van der Waals surface area contributed by atoms with Crippen molar-refractivity contribution in [3.63, 3.8) is 0 Å². The number of rotatable bonds is 2. The van der Waals surface area contributed by atoms with E-state index in [-0.39, 0.29) is 0 Å². The highest BCUT2D eigenvalue weighted by molar-refractivity contribution is 6.32. The molecule has 0 aliphatic heterocycles. The molecule has 0 heterocycles. The van der Waals surface area contributed by atoms with E-state index in [1.54, 1.807) is 13.0 Å². The Kier molecular flexibility index (Phi) is 70.8. The second-order valence-corrected chi connectivity index (χ2v) is 3.39. The zero-order valence-corrected chi connectivity index (χ0v) is 15.9. The Morgan fingerprint density at radius 1 is 1.16 bits per heavy atom. The van der Waals surface area contributed by atoms with Crippen LogP contribution in [0.25, 0.3) is 0 Å². The van der Waals surface area contributed by atoms with Gasteiger partial charge in [0.25, 0.3) is 0 Å². The molecule has 0 amide bonds. The van der Waals surface area contributed by atoms with Crippen molar-refractivity contribution in [1.29, 1.82) is 0 Å². The third-order valence-corrected chi connectivity index (χ3v) is 1.67. The maximum atomic E-state index is 5.74. The molecule has 0 saturated carbocycles. The molecule has 0 N–H and O–H groups in total. The maximum absolute atomic E-state index is 5.74. The number of alkyl halides is 1. The number of hydrogen-bond acceptors (Lipinski definition) is 0. The second kappa shape index (κ2) is 43.2. The minimum Gasteiger partial charge on any atom is -0.122 e. The fourth-order valence-electron chi connectivity index (χ4n) is 0.367. The first-order valence-electron chi connectivity index (χ1n) is 6.97. The van der Waals surface area contributed by atoms with E-state index in [2.05, 4.69) is 26.2 Å². The van der Waals surface area contributed by atoms with Crippen LogP contribution in [0.1, 0.15) is 68.7 Å². The van der Waals surface area contributed by atoms with Crippen molar-refractivity contribution in [1.82, 2.24) is 0 Å². The maximum Gasteiger partial charge on any atom is 0.0421 e. The van der Waals surface area contributed by atoms with Crippen LogP contribution in [0, 0.1) is 12.3 Å². The number of hydrogen-bond donors (Lipinski definition) is 0. The molecule has 0 rings (SSSR count). The third-order valence-electron chi connectivity index (χ3n) is 1.07. The van der Waals surface area contributed by atoms with Crippen LogP contribution in [-0.4, -0.2) is 5.88 Å². The lowest BCUT2D eigenvalue weighted by Crippen LogP contribution is -1.74. The normalized spacial score (nSPS) is 8.74. The van der Waals surface area contributed by atoms with Gasteiger partial charge in [-0.3, -0.25) is 0 Å². The first-order chi connectivity index (χ1) is 9.05. The van der Waals surface area contributed by atoms with E-state index >= 15 is 0 Å². The fourth-order valence-corrected chi connectivity index (χ4v) is 0.786. The quantitative estimate of drug-likeness (QED) is 0.283. The molecule has 0 atom stereocenters. The summed E-state index contributed by atoms with van der Waals surface area (Å²) in [4.78, 5) is 0. The van der Waals surface area contributed by atoms with Crippen molar-refractivity contribution >= 4 is 23.2 Å². The molecule has 0 aliphatic carbocycles. The Bertz CT molecular complexity index is 208. The summed E-state index contributed by atoms with van der Waals surface area (Å²) in [6.45, 7) is 17.8. The molecule has 116 valence electrons. The Hall–Kier alpha value is -0.380. The molecule has 0 fully saturated rings. The van der Waals surface area contributed by atoms with Crippen molar-refractivity contribution in [2.24, 2.45) is 0 Å². The molecule has 0 radical (unpaired) electrons. The summed E-state index contributed by atoms with van der Waals surface area (Å²) in [5, 5.41) is 0.743. The van der Waals surface area contributed by atoms with E-state index < -0.39 is 0 Å². The number of halogens is 2. The molecular weight excluding hydrogens is 275 g/mol. The van der Waals surface area contributed by atoms with Crippen LogP contribution in [0.3, 0.4) is 0 Å². The van der Waals surface area contributed by atoms with E-state index in [9.17, 15) is 0 Å². The van der Waals surface area contributed by atoms with Crippen LogP contribution < -0.4 is 0 Å². The van der Waals surface area contributed by atoms with Gasteiger partial charge >= 0.3 is 0 Å². The summed E-state index contributed by atoms with van der Waals surface area (Å²) in [6, 6.07) is 0. The summed E-state index contributed by atoms with van der Waals surface area (Å²) in [6.07, 6.45) is 9.57. The van der Waals surface area contributed by atoms with E-state index in [4.69, 9.17) is 23.2 Å². The van der Waals surface area contributed by atoms with Crippen LogP contribution in [0.5, 0.6) is 0 Å². The third kappa shape index (κ3) is 57.9. The van der Waals surface area contributed by atoms with Crippen LogP contribution in [0.2, 0.25) is 0 Å². The fraction of sp³-hybridized carbons (Fsp3) is 0.647. The van der Waals surface area contributed by atoms with Gasteiger partial charge in [0.05, 0.1) is 0 Å². The molecule has 0 aromatic rings.